The number of hydrogen-bond donors (Lipinski definition) is 1. The molecule has 0 aromatic heterocycles. The minimum absolute atomic E-state index is 0.118. The Labute approximate surface area is 137 Å². The van der Waals surface area contributed by atoms with Crippen LogP contribution in [0.4, 0.5) is 0 Å². The normalized spacial score (nSPS) is 23.3. The summed E-state index contributed by atoms with van der Waals surface area (Å²) in [7, 11) is 1.29. The predicted molar refractivity (Wildman–Crippen MR) is 86.5 cm³/mol. The molecule has 2 aliphatic rings. The first-order valence-corrected chi connectivity index (χ1v) is 8.27. The van der Waals surface area contributed by atoms with Gasteiger partial charge in [0.15, 0.2) is 0 Å². The second-order valence-electron chi connectivity index (χ2n) is 5.24. The number of benzene rings is 1. The number of thioether (sulfide) groups is 1. The van der Waals surface area contributed by atoms with Gasteiger partial charge in [0, 0.05) is 16.9 Å². The highest BCUT2D eigenvalue weighted by atomic mass is 32.2. The van der Waals surface area contributed by atoms with Crippen molar-refractivity contribution in [2.45, 2.75) is 12.5 Å². The van der Waals surface area contributed by atoms with Crippen molar-refractivity contribution in [2.24, 2.45) is 0 Å². The predicted octanol–water partition coefficient (Wildman–Crippen LogP) is 1.24. The first-order valence-electron chi connectivity index (χ1n) is 7.22. The van der Waals surface area contributed by atoms with Crippen LogP contribution in [0.25, 0.3) is 5.70 Å². The van der Waals surface area contributed by atoms with Crippen molar-refractivity contribution < 1.29 is 19.1 Å². The topological polar surface area (TPSA) is 75.7 Å². The molecule has 3 rings (SSSR count). The molecule has 0 saturated carbocycles. The van der Waals surface area contributed by atoms with Crippen LogP contribution in [0, 0.1) is 0 Å². The van der Waals surface area contributed by atoms with Gasteiger partial charge in [-0.15, -0.1) is 11.8 Å². The van der Waals surface area contributed by atoms with Gasteiger partial charge in [-0.2, -0.15) is 0 Å². The van der Waals surface area contributed by atoms with Gasteiger partial charge in [-0.05, 0) is 17.9 Å². The van der Waals surface area contributed by atoms with Gasteiger partial charge in [-0.1, -0.05) is 18.2 Å². The van der Waals surface area contributed by atoms with E-state index in [-0.39, 0.29) is 18.4 Å². The SMILES string of the molecule is COC(=O)C1CCS/C=C2\c3ccccc3C(=O)N2CC(=O)N1. The molecule has 1 aromatic carbocycles. The lowest BCUT2D eigenvalue weighted by Crippen LogP contribution is -2.46. The van der Waals surface area contributed by atoms with Crippen LogP contribution in [0.15, 0.2) is 29.7 Å². The Morgan fingerprint density at radius 3 is 2.78 bits per heavy atom. The molecule has 0 bridgehead atoms. The summed E-state index contributed by atoms with van der Waals surface area (Å²) in [5.41, 5.74) is 2.17. The summed E-state index contributed by atoms with van der Waals surface area (Å²) >= 11 is 1.51. The number of esters is 1. The largest absolute Gasteiger partial charge is 0.467 e. The van der Waals surface area contributed by atoms with Gasteiger partial charge in [0.25, 0.3) is 5.91 Å². The van der Waals surface area contributed by atoms with Gasteiger partial charge in [0.2, 0.25) is 5.91 Å². The fourth-order valence-corrected chi connectivity index (χ4v) is 3.58. The molecule has 6 nitrogen and oxygen atoms in total. The molecule has 2 heterocycles. The van der Waals surface area contributed by atoms with Crippen molar-refractivity contribution in [3.63, 3.8) is 0 Å². The molecule has 7 heteroatoms. The van der Waals surface area contributed by atoms with Crippen molar-refractivity contribution in [1.82, 2.24) is 10.2 Å². The summed E-state index contributed by atoms with van der Waals surface area (Å²) in [4.78, 5) is 37.9. The van der Waals surface area contributed by atoms with Crippen LogP contribution in [0.5, 0.6) is 0 Å². The number of methoxy groups -OCH3 is 1. The third-order valence-corrected chi connectivity index (χ3v) is 4.67. The molecule has 0 spiro atoms. The average Bonchev–Trinajstić information content (AvgIpc) is 2.83. The lowest BCUT2D eigenvalue weighted by molar-refractivity contribution is -0.145. The molecule has 2 aliphatic heterocycles. The van der Waals surface area contributed by atoms with Gasteiger partial charge in [-0.25, -0.2) is 4.79 Å². The molecule has 120 valence electrons. The van der Waals surface area contributed by atoms with E-state index in [4.69, 9.17) is 4.74 Å². The van der Waals surface area contributed by atoms with E-state index in [0.29, 0.717) is 17.7 Å². The van der Waals surface area contributed by atoms with Crippen molar-refractivity contribution in [3.05, 3.63) is 40.8 Å². The summed E-state index contributed by atoms with van der Waals surface area (Å²) in [6.07, 6.45) is 0.475. The lowest BCUT2D eigenvalue weighted by Gasteiger charge is -2.22. The number of carbonyl (C=O) groups is 3. The summed E-state index contributed by atoms with van der Waals surface area (Å²) in [5.74, 6) is -0.412. The zero-order valence-electron chi connectivity index (χ0n) is 12.6. The van der Waals surface area contributed by atoms with E-state index in [2.05, 4.69) is 5.32 Å². The van der Waals surface area contributed by atoms with Crippen LogP contribution in [0.2, 0.25) is 0 Å². The monoisotopic (exact) mass is 332 g/mol. The van der Waals surface area contributed by atoms with Gasteiger partial charge in [0.1, 0.15) is 12.6 Å². The van der Waals surface area contributed by atoms with Crippen molar-refractivity contribution in [2.75, 3.05) is 19.4 Å². The van der Waals surface area contributed by atoms with E-state index in [1.54, 1.807) is 12.1 Å². The Bertz CT molecular complexity index is 701. The highest BCUT2D eigenvalue weighted by Gasteiger charge is 2.34. The molecule has 1 atom stereocenters. The molecule has 23 heavy (non-hydrogen) atoms. The Balaban J connectivity index is 1.90. The van der Waals surface area contributed by atoms with Crippen LogP contribution >= 0.6 is 11.8 Å². The molecule has 1 N–H and O–H groups in total. The van der Waals surface area contributed by atoms with Crippen LogP contribution in [0.3, 0.4) is 0 Å². The minimum Gasteiger partial charge on any atom is -0.467 e. The molecule has 0 aliphatic carbocycles. The maximum Gasteiger partial charge on any atom is 0.328 e. The van der Waals surface area contributed by atoms with Crippen LogP contribution < -0.4 is 5.32 Å². The summed E-state index contributed by atoms with van der Waals surface area (Å²) < 4.78 is 4.71. The van der Waals surface area contributed by atoms with Crippen molar-refractivity contribution in [1.29, 1.82) is 0 Å². The molecular formula is C16H16N2O4S. The highest BCUT2D eigenvalue weighted by molar-refractivity contribution is 8.02. The third-order valence-electron chi connectivity index (χ3n) is 3.81. The Hall–Kier alpha value is -2.28. The Morgan fingerprint density at radius 2 is 2.04 bits per heavy atom. The molecule has 0 radical (unpaired) electrons. The standard InChI is InChI=1S/C16H16N2O4S/c1-22-16(21)12-6-7-23-9-13-10-4-2-3-5-11(10)15(20)18(13)8-14(19)17-12/h2-5,9,12H,6-8H2,1H3,(H,17,19)/b13-9+. The molecular weight excluding hydrogens is 316 g/mol. The molecule has 2 amide bonds. The number of amides is 2. The number of fused-ring (bicyclic) bond motifs is 3. The summed E-state index contributed by atoms with van der Waals surface area (Å²) in [6.45, 7) is -0.118. The smallest absolute Gasteiger partial charge is 0.328 e. The van der Waals surface area contributed by atoms with Gasteiger partial charge < -0.3 is 10.1 Å². The second kappa shape index (κ2) is 6.45. The third kappa shape index (κ3) is 2.96. The lowest BCUT2D eigenvalue weighted by atomic mass is 10.1. The molecule has 1 unspecified atom stereocenters. The van der Waals surface area contributed by atoms with E-state index in [0.717, 1.165) is 11.3 Å². The number of nitrogens with one attached hydrogen (secondary N) is 1. The summed E-state index contributed by atoms with van der Waals surface area (Å²) in [6, 6.07) is 6.62. The van der Waals surface area contributed by atoms with Crippen LogP contribution in [-0.2, 0) is 14.3 Å². The first-order chi connectivity index (χ1) is 11.1. The van der Waals surface area contributed by atoms with Crippen molar-refractivity contribution in [3.8, 4) is 0 Å². The molecule has 0 fully saturated rings. The van der Waals surface area contributed by atoms with E-state index in [1.807, 2.05) is 17.5 Å². The van der Waals surface area contributed by atoms with E-state index in [9.17, 15) is 14.4 Å². The zero-order chi connectivity index (χ0) is 16.4. The molecule has 0 saturated heterocycles. The van der Waals surface area contributed by atoms with Gasteiger partial charge in [0.05, 0.1) is 12.8 Å². The quantitative estimate of drug-likeness (QED) is 0.783. The average molecular weight is 332 g/mol. The van der Waals surface area contributed by atoms with E-state index < -0.39 is 12.0 Å². The van der Waals surface area contributed by atoms with E-state index >= 15 is 0 Å². The number of nitrogens with zero attached hydrogens (tertiary/aromatic N) is 1. The zero-order valence-corrected chi connectivity index (χ0v) is 13.4. The fraction of sp³-hybridized carbons (Fsp3) is 0.312. The van der Waals surface area contributed by atoms with Crippen molar-refractivity contribution >= 4 is 35.2 Å². The molecule has 1 aromatic rings. The maximum atomic E-state index is 12.5. The van der Waals surface area contributed by atoms with Crippen LogP contribution in [0.1, 0.15) is 22.3 Å². The first kappa shape index (κ1) is 15.6. The number of hydrogen-bond acceptors (Lipinski definition) is 5. The second-order valence-corrected chi connectivity index (χ2v) is 6.22. The number of carbonyl (C=O) groups excluding carboxylic acids is 3. The van der Waals surface area contributed by atoms with Gasteiger partial charge in [-0.3, -0.25) is 14.5 Å². The Kier molecular flexibility index (Phi) is 4.38. The minimum atomic E-state index is -0.685. The fourth-order valence-electron chi connectivity index (χ4n) is 2.68. The number of ether oxygens (including phenoxy) is 1. The number of rotatable bonds is 1. The van der Waals surface area contributed by atoms with Gasteiger partial charge >= 0.3 is 5.97 Å². The maximum absolute atomic E-state index is 12.5. The highest BCUT2D eigenvalue weighted by Crippen LogP contribution is 2.34. The Morgan fingerprint density at radius 1 is 1.30 bits per heavy atom. The van der Waals surface area contributed by atoms with E-state index in [1.165, 1.54) is 23.8 Å². The summed E-state index contributed by atoms with van der Waals surface area (Å²) in [5, 5.41) is 4.53. The van der Waals surface area contributed by atoms with Crippen LogP contribution in [-0.4, -0.2) is 48.1 Å².